The molecule has 0 spiro atoms. The summed E-state index contributed by atoms with van der Waals surface area (Å²) in [6.45, 7) is 3.73. The second kappa shape index (κ2) is 8.30. The Morgan fingerprint density at radius 1 is 1.22 bits per heavy atom. The zero-order chi connectivity index (χ0) is 19.4. The van der Waals surface area contributed by atoms with Gasteiger partial charge in [0.15, 0.2) is 5.82 Å². The number of aromatic nitrogens is 3. The van der Waals surface area contributed by atoms with Gasteiger partial charge in [0.25, 0.3) is 0 Å². The first-order valence-corrected chi connectivity index (χ1v) is 9.28. The van der Waals surface area contributed by atoms with Crippen LogP contribution in [0.1, 0.15) is 19.4 Å². The number of carbonyl (C=O) groups excluding carboxylic acids is 1. The van der Waals surface area contributed by atoms with E-state index >= 15 is 0 Å². The number of anilines is 1. The average Bonchev–Trinajstić information content (AvgIpc) is 3.13. The first kappa shape index (κ1) is 19.0. The molecule has 1 atom stereocenters. The van der Waals surface area contributed by atoms with Crippen molar-refractivity contribution in [3.05, 3.63) is 59.7 Å². The summed E-state index contributed by atoms with van der Waals surface area (Å²) in [4.78, 5) is 16.6. The molecule has 2 N–H and O–H groups in total. The van der Waals surface area contributed by atoms with E-state index in [0.717, 1.165) is 41.9 Å². The van der Waals surface area contributed by atoms with Gasteiger partial charge in [-0.1, -0.05) is 43.0 Å². The van der Waals surface area contributed by atoms with Crippen molar-refractivity contribution in [1.29, 1.82) is 0 Å². The maximum absolute atomic E-state index is 13.6. The van der Waals surface area contributed by atoms with Crippen LogP contribution in [-0.2, 0) is 11.2 Å². The third-order valence-electron chi connectivity index (χ3n) is 3.94. The van der Waals surface area contributed by atoms with Crippen molar-refractivity contribution in [2.75, 3.05) is 5.32 Å². The Hall–Kier alpha value is -2.74. The van der Waals surface area contributed by atoms with Crippen LogP contribution < -0.4 is 5.32 Å². The summed E-state index contributed by atoms with van der Waals surface area (Å²) in [6, 6.07) is 10.9. The average molecular weight is 388 g/mol. The zero-order valence-electron chi connectivity index (χ0n) is 14.8. The lowest BCUT2D eigenvalue weighted by Gasteiger charge is -2.10. The largest absolute Gasteiger partial charge is 0.323 e. The van der Waals surface area contributed by atoms with Gasteiger partial charge in [0, 0.05) is 11.6 Å². The molecule has 1 aromatic heterocycles. The van der Waals surface area contributed by atoms with Crippen LogP contribution in [-0.4, -0.2) is 26.3 Å². The molecule has 140 valence electrons. The summed E-state index contributed by atoms with van der Waals surface area (Å²) >= 11 is 1.12. The van der Waals surface area contributed by atoms with Crippen molar-refractivity contribution in [1.82, 2.24) is 15.2 Å². The van der Waals surface area contributed by atoms with E-state index < -0.39 is 22.8 Å². The fourth-order valence-corrected chi connectivity index (χ4v) is 3.09. The fraction of sp³-hybridized carbons (Fsp3) is 0.211. The number of nitrogens with zero attached hydrogens (tertiary/aromatic N) is 2. The molecule has 3 rings (SSSR count). The molecule has 8 heteroatoms. The van der Waals surface area contributed by atoms with Gasteiger partial charge in [-0.15, -0.1) is 5.10 Å². The number of aromatic amines is 1. The van der Waals surface area contributed by atoms with Gasteiger partial charge in [0.05, 0.1) is 10.9 Å². The van der Waals surface area contributed by atoms with Crippen molar-refractivity contribution < 1.29 is 13.6 Å². The van der Waals surface area contributed by atoms with Crippen LogP contribution in [0.3, 0.4) is 0 Å². The fourth-order valence-electron chi connectivity index (χ4n) is 2.37. The maximum atomic E-state index is 13.6. The molecule has 1 heterocycles. The molecule has 0 saturated heterocycles. The molecule has 2 aromatic carbocycles. The Kier molecular flexibility index (Phi) is 5.85. The molecule has 0 aliphatic rings. The van der Waals surface area contributed by atoms with E-state index in [1.54, 1.807) is 6.92 Å². The lowest BCUT2D eigenvalue weighted by Crippen LogP contribution is -2.23. The number of carbonyl (C=O) groups is 1. The monoisotopic (exact) mass is 388 g/mol. The molecule has 0 radical (unpaired) electrons. The summed E-state index contributed by atoms with van der Waals surface area (Å²) in [7, 11) is 0. The van der Waals surface area contributed by atoms with E-state index in [-0.39, 0.29) is 5.69 Å². The van der Waals surface area contributed by atoms with Crippen molar-refractivity contribution in [2.45, 2.75) is 30.7 Å². The van der Waals surface area contributed by atoms with E-state index in [0.29, 0.717) is 11.0 Å². The minimum absolute atomic E-state index is 0.195. The van der Waals surface area contributed by atoms with Crippen LogP contribution >= 0.6 is 11.8 Å². The summed E-state index contributed by atoms with van der Waals surface area (Å²) in [6.07, 6.45) is 0.955. The van der Waals surface area contributed by atoms with Crippen molar-refractivity contribution in [3.8, 4) is 11.4 Å². The topological polar surface area (TPSA) is 70.7 Å². The highest BCUT2D eigenvalue weighted by molar-refractivity contribution is 8.00. The van der Waals surface area contributed by atoms with E-state index in [2.05, 4.69) is 27.4 Å². The highest BCUT2D eigenvalue weighted by atomic mass is 32.2. The molecule has 1 amide bonds. The second-order valence-electron chi connectivity index (χ2n) is 5.89. The highest BCUT2D eigenvalue weighted by Gasteiger charge is 2.19. The van der Waals surface area contributed by atoms with Gasteiger partial charge in [-0.3, -0.25) is 9.89 Å². The number of halogens is 2. The molecular formula is C19H18F2N4OS. The third kappa shape index (κ3) is 4.71. The van der Waals surface area contributed by atoms with Crippen LogP contribution in [0.25, 0.3) is 11.4 Å². The number of thioether (sulfide) groups is 1. The van der Waals surface area contributed by atoms with Crippen LogP contribution in [0, 0.1) is 11.6 Å². The first-order valence-electron chi connectivity index (χ1n) is 8.40. The van der Waals surface area contributed by atoms with Crippen LogP contribution in [0.4, 0.5) is 14.5 Å². The number of amides is 1. The van der Waals surface area contributed by atoms with Gasteiger partial charge in [-0.25, -0.2) is 13.8 Å². The number of rotatable bonds is 6. The number of hydrogen-bond acceptors (Lipinski definition) is 4. The number of hydrogen-bond donors (Lipinski definition) is 2. The van der Waals surface area contributed by atoms with Crippen LogP contribution in [0.5, 0.6) is 0 Å². The number of aryl methyl sites for hydroxylation is 1. The van der Waals surface area contributed by atoms with E-state index in [4.69, 9.17) is 0 Å². The Bertz CT molecular complexity index is 943. The molecule has 0 unspecified atom stereocenters. The summed E-state index contributed by atoms with van der Waals surface area (Å²) in [5, 5.41) is 9.13. The Morgan fingerprint density at radius 3 is 2.67 bits per heavy atom. The summed E-state index contributed by atoms with van der Waals surface area (Å²) in [5.74, 6) is -1.19. The van der Waals surface area contributed by atoms with Gasteiger partial charge in [-0.2, -0.15) is 0 Å². The van der Waals surface area contributed by atoms with Crippen molar-refractivity contribution >= 4 is 23.4 Å². The van der Waals surface area contributed by atoms with E-state index in [1.807, 2.05) is 24.3 Å². The lowest BCUT2D eigenvalue weighted by atomic mass is 10.1. The van der Waals surface area contributed by atoms with Crippen LogP contribution in [0.2, 0.25) is 0 Å². The van der Waals surface area contributed by atoms with Gasteiger partial charge in [0.2, 0.25) is 11.1 Å². The van der Waals surface area contributed by atoms with Crippen molar-refractivity contribution in [2.24, 2.45) is 0 Å². The molecule has 0 fully saturated rings. The summed E-state index contributed by atoms with van der Waals surface area (Å²) in [5.41, 5.74) is 1.92. The maximum Gasteiger partial charge on any atom is 0.237 e. The van der Waals surface area contributed by atoms with Gasteiger partial charge in [-0.05, 0) is 31.0 Å². The van der Waals surface area contributed by atoms with E-state index in [9.17, 15) is 13.6 Å². The molecular weight excluding hydrogens is 370 g/mol. The molecule has 0 aliphatic heterocycles. The lowest BCUT2D eigenvalue weighted by molar-refractivity contribution is -0.115. The summed E-state index contributed by atoms with van der Waals surface area (Å²) < 4.78 is 26.9. The standard InChI is InChI=1S/C19H18F2N4OS/c1-3-12-4-6-13(7-5-12)17-23-19(25-24-17)27-11(2)18(26)22-16-10-14(20)8-9-15(16)21/h4-11H,3H2,1-2H3,(H,22,26)(H,23,24,25)/t11-/m1/s1. The molecule has 3 aromatic rings. The minimum atomic E-state index is -0.697. The smallest absolute Gasteiger partial charge is 0.237 e. The molecule has 27 heavy (non-hydrogen) atoms. The van der Waals surface area contributed by atoms with E-state index in [1.165, 1.54) is 5.56 Å². The SMILES string of the molecule is CCc1ccc(-c2nc(S[C@H](C)C(=O)Nc3cc(F)ccc3F)n[nH]2)cc1. The predicted molar refractivity (Wildman–Crippen MR) is 102 cm³/mol. The van der Waals surface area contributed by atoms with Gasteiger partial charge < -0.3 is 5.32 Å². The Balaban J connectivity index is 1.65. The predicted octanol–water partition coefficient (Wildman–Crippen LogP) is 4.43. The molecule has 5 nitrogen and oxygen atoms in total. The Labute approximate surface area is 159 Å². The number of nitrogens with one attached hydrogen (secondary N) is 2. The number of benzene rings is 2. The zero-order valence-corrected chi connectivity index (χ0v) is 15.6. The third-order valence-corrected chi connectivity index (χ3v) is 4.90. The van der Waals surface area contributed by atoms with Gasteiger partial charge >= 0.3 is 0 Å². The van der Waals surface area contributed by atoms with Gasteiger partial charge in [0.1, 0.15) is 11.6 Å². The first-order chi connectivity index (χ1) is 13.0. The number of H-pyrrole nitrogens is 1. The quantitative estimate of drug-likeness (QED) is 0.613. The van der Waals surface area contributed by atoms with Crippen LogP contribution in [0.15, 0.2) is 47.6 Å². The highest BCUT2D eigenvalue weighted by Crippen LogP contribution is 2.24. The van der Waals surface area contributed by atoms with Crippen molar-refractivity contribution in [3.63, 3.8) is 0 Å². The molecule has 0 saturated carbocycles. The molecule has 0 aliphatic carbocycles. The minimum Gasteiger partial charge on any atom is -0.323 e. The second-order valence-corrected chi connectivity index (χ2v) is 7.20. The Morgan fingerprint density at radius 2 is 1.96 bits per heavy atom. The normalized spacial score (nSPS) is 12.0. The molecule has 0 bridgehead atoms.